The van der Waals surface area contributed by atoms with Crippen LogP contribution >= 0.6 is 11.6 Å². The molecule has 3 aromatic rings. The van der Waals surface area contributed by atoms with Crippen LogP contribution in [0.4, 0.5) is 11.5 Å². The Hall–Kier alpha value is -2.73. The lowest BCUT2D eigenvalue weighted by Gasteiger charge is -2.10. The molecule has 23 heavy (non-hydrogen) atoms. The second-order valence-corrected chi connectivity index (χ2v) is 5.10. The Morgan fingerprint density at radius 2 is 1.70 bits per heavy atom. The van der Waals surface area contributed by atoms with Crippen LogP contribution in [0.3, 0.4) is 0 Å². The summed E-state index contributed by atoms with van der Waals surface area (Å²) >= 11 is 6.02. The van der Waals surface area contributed by atoms with Crippen LogP contribution in [0.25, 0.3) is 11.1 Å². The van der Waals surface area contributed by atoms with Crippen molar-refractivity contribution in [3.63, 3.8) is 0 Å². The van der Waals surface area contributed by atoms with E-state index in [2.05, 4.69) is 30.6 Å². The Morgan fingerprint density at radius 1 is 0.957 bits per heavy atom. The first kappa shape index (κ1) is 15.2. The summed E-state index contributed by atoms with van der Waals surface area (Å²) in [5.74, 6) is 1.28. The van der Waals surface area contributed by atoms with Gasteiger partial charge in [-0.15, -0.1) is 0 Å². The molecule has 0 unspecified atom stereocenters. The number of nitrogens with zero attached hydrogens (tertiary/aromatic N) is 4. The van der Waals surface area contributed by atoms with Gasteiger partial charge < -0.3 is 10.6 Å². The molecule has 116 valence electrons. The van der Waals surface area contributed by atoms with Gasteiger partial charge in [0.2, 0.25) is 0 Å². The number of aromatic nitrogens is 4. The van der Waals surface area contributed by atoms with E-state index in [4.69, 9.17) is 11.6 Å². The maximum atomic E-state index is 6.02. The topological polar surface area (TPSA) is 75.6 Å². The van der Waals surface area contributed by atoms with Crippen molar-refractivity contribution in [1.29, 1.82) is 0 Å². The predicted octanol–water partition coefficient (Wildman–Crippen LogP) is 3.24. The first-order chi connectivity index (χ1) is 11.3. The summed E-state index contributed by atoms with van der Waals surface area (Å²) in [7, 11) is 1.76. The minimum atomic E-state index is 0.366. The summed E-state index contributed by atoms with van der Waals surface area (Å²) in [4.78, 5) is 16.9. The van der Waals surface area contributed by atoms with Gasteiger partial charge in [-0.25, -0.2) is 19.9 Å². The van der Waals surface area contributed by atoms with Gasteiger partial charge in [0, 0.05) is 25.0 Å². The zero-order valence-corrected chi connectivity index (χ0v) is 13.2. The zero-order valence-electron chi connectivity index (χ0n) is 12.5. The third-order valence-electron chi connectivity index (χ3n) is 3.28. The molecular formula is C16H15ClN6. The Labute approximate surface area is 139 Å². The summed E-state index contributed by atoms with van der Waals surface area (Å²) in [6.45, 7) is 0.442. The number of rotatable bonds is 5. The number of anilines is 2. The first-order valence-electron chi connectivity index (χ1n) is 7.06. The molecule has 2 N–H and O–H groups in total. The van der Waals surface area contributed by atoms with Gasteiger partial charge in [-0.3, -0.25) is 0 Å². The van der Waals surface area contributed by atoms with Crippen LogP contribution < -0.4 is 10.6 Å². The van der Waals surface area contributed by atoms with Crippen molar-refractivity contribution >= 4 is 23.1 Å². The minimum Gasteiger partial charge on any atom is -0.383 e. The smallest absolute Gasteiger partial charge is 0.157 e. The van der Waals surface area contributed by atoms with E-state index in [0.29, 0.717) is 29.0 Å². The number of nitrogens with one attached hydrogen (secondary N) is 2. The predicted molar refractivity (Wildman–Crippen MR) is 91.4 cm³/mol. The highest BCUT2D eigenvalue weighted by Gasteiger charge is 2.08. The van der Waals surface area contributed by atoms with Gasteiger partial charge >= 0.3 is 0 Å². The third-order valence-corrected chi connectivity index (χ3v) is 3.56. The average molecular weight is 327 g/mol. The summed E-state index contributed by atoms with van der Waals surface area (Å²) in [5.41, 5.74) is 2.72. The SMILES string of the molecule is CNc1c(Cl)ncnc1NCc1ncc(-c2ccccc2)cn1. The molecular weight excluding hydrogens is 312 g/mol. The van der Waals surface area contributed by atoms with Crippen molar-refractivity contribution in [3.05, 3.63) is 60.0 Å². The van der Waals surface area contributed by atoms with Crippen molar-refractivity contribution in [2.24, 2.45) is 0 Å². The molecule has 0 amide bonds. The third kappa shape index (κ3) is 3.54. The van der Waals surface area contributed by atoms with E-state index in [1.165, 1.54) is 6.33 Å². The highest BCUT2D eigenvalue weighted by Crippen LogP contribution is 2.25. The highest BCUT2D eigenvalue weighted by atomic mass is 35.5. The molecule has 0 saturated carbocycles. The Bertz CT molecular complexity index is 776. The lowest BCUT2D eigenvalue weighted by molar-refractivity contribution is 0.940. The molecule has 6 nitrogen and oxygen atoms in total. The summed E-state index contributed by atoms with van der Waals surface area (Å²) in [5, 5.41) is 6.49. The van der Waals surface area contributed by atoms with Crippen LogP contribution in [0.1, 0.15) is 5.82 Å². The molecule has 7 heteroatoms. The van der Waals surface area contributed by atoms with E-state index in [0.717, 1.165) is 11.1 Å². The molecule has 0 aliphatic carbocycles. The minimum absolute atomic E-state index is 0.366. The van der Waals surface area contributed by atoms with Gasteiger partial charge in [0.1, 0.15) is 17.8 Å². The van der Waals surface area contributed by atoms with E-state index in [1.54, 1.807) is 7.05 Å². The number of hydrogen-bond donors (Lipinski definition) is 2. The van der Waals surface area contributed by atoms with Crippen molar-refractivity contribution in [2.75, 3.05) is 17.7 Å². The van der Waals surface area contributed by atoms with Crippen LogP contribution in [0, 0.1) is 0 Å². The first-order valence-corrected chi connectivity index (χ1v) is 7.44. The van der Waals surface area contributed by atoms with Gasteiger partial charge in [-0.2, -0.15) is 0 Å². The van der Waals surface area contributed by atoms with Crippen LogP contribution in [-0.4, -0.2) is 27.0 Å². The molecule has 0 saturated heterocycles. The van der Waals surface area contributed by atoms with Gasteiger partial charge in [-0.05, 0) is 5.56 Å². The number of halogens is 1. The zero-order chi connectivity index (χ0) is 16.1. The van der Waals surface area contributed by atoms with E-state index in [9.17, 15) is 0 Å². The Morgan fingerprint density at radius 3 is 2.39 bits per heavy atom. The molecule has 1 aromatic carbocycles. The summed E-state index contributed by atoms with van der Waals surface area (Å²) in [6.07, 6.45) is 5.03. The average Bonchev–Trinajstić information content (AvgIpc) is 2.61. The number of benzene rings is 1. The van der Waals surface area contributed by atoms with Gasteiger partial charge in [0.05, 0.1) is 6.54 Å². The fraction of sp³-hybridized carbons (Fsp3) is 0.125. The van der Waals surface area contributed by atoms with Crippen molar-refractivity contribution in [2.45, 2.75) is 6.54 Å². The molecule has 0 aliphatic rings. The van der Waals surface area contributed by atoms with Gasteiger partial charge in [-0.1, -0.05) is 41.9 Å². The van der Waals surface area contributed by atoms with Crippen molar-refractivity contribution in [1.82, 2.24) is 19.9 Å². The lowest BCUT2D eigenvalue weighted by atomic mass is 10.1. The number of hydrogen-bond acceptors (Lipinski definition) is 6. The van der Waals surface area contributed by atoms with Gasteiger partial charge in [0.25, 0.3) is 0 Å². The quantitative estimate of drug-likeness (QED) is 0.701. The lowest BCUT2D eigenvalue weighted by Crippen LogP contribution is -2.08. The van der Waals surface area contributed by atoms with Crippen LogP contribution in [-0.2, 0) is 6.54 Å². The van der Waals surface area contributed by atoms with Crippen molar-refractivity contribution < 1.29 is 0 Å². The van der Waals surface area contributed by atoms with E-state index >= 15 is 0 Å². The summed E-state index contributed by atoms with van der Waals surface area (Å²) < 4.78 is 0. The molecule has 2 aromatic heterocycles. The molecule has 0 radical (unpaired) electrons. The van der Waals surface area contributed by atoms with Crippen LogP contribution in [0.2, 0.25) is 5.15 Å². The molecule has 2 heterocycles. The Kier molecular flexibility index (Phi) is 4.63. The monoisotopic (exact) mass is 326 g/mol. The second kappa shape index (κ2) is 7.02. The molecule has 3 rings (SSSR count). The highest BCUT2D eigenvalue weighted by molar-refractivity contribution is 6.32. The standard InChI is InChI=1S/C16H15ClN6/c1-18-14-15(17)22-10-23-16(14)21-9-13-19-7-12(8-20-13)11-5-3-2-4-6-11/h2-8,10,18H,9H2,1H3,(H,21,22,23). The second-order valence-electron chi connectivity index (χ2n) is 4.75. The maximum absolute atomic E-state index is 6.02. The fourth-order valence-electron chi connectivity index (χ4n) is 2.11. The fourth-order valence-corrected chi connectivity index (χ4v) is 2.34. The Balaban J connectivity index is 1.71. The van der Waals surface area contributed by atoms with E-state index < -0.39 is 0 Å². The molecule has 0 aliphatic heterocycles. The molecule has 0 spiro atoms. The molecule has 0 bridgehead atoms. The van der Waals surface area contributed by atoms with Crippen LogP contribution in [0.15, 0.2) is 49.1 Å². The van der Waals surface area contributed by atoms with E-state index in [1.807, 2.05) is 42.7 Å². The maximum Gasteiger partial charge on any atom is 0.157 e. The molecule has 0 atom stereocenters. The van der Waals surface area contributed by atoms with Gasteiger partial charge in [0.15, 0.2) is 11.0 Å². The largest absolute Gasteiger partial charge is 0.383 e. The van der Waals surface area contributed by atoms with Crippen molar-refractivity contribution in [3.8, 4) is 11.1 Å². The van der Waals surface area contributed by atoms with E-state index in [-0.39, 0.29) is 0 Å². The van der Waals surface area contributed by atoms with Crippen LogP contribution in [0.5, 0.6) is 0 Å². The normalized spacial score (nSPS) is 10.3. The summed E-state index contributed by atoms with van der Waals surface area (Å²) in [6, 6.07) is 10.0. The molecule has 0 fully saturated rings.